The lowest BCUT2D eigenvalue weighted by Gasteiger charge is -2.50. The molecular formula is C20H20ClN7O5S2. The van der Waals surface area contributed by atoms with E-state index in [9.17, 15) is 19.5 Å². The molecule has 0 aromatic carbocycles. The molecule has 4 rings (SSSR count). The number of carbonyl (C=O) groups is 3. The quantitative estimate of drug-likeness (QED) is 0.216. The Labute approximate surface area is 212 Å². The monoisotopic (exact) mass is 537 g/mol. The van der Waals surface area contributed by atoms with Gasteiger partial charge in [0.15, 0.2) is 10.8 Å². The third-order valence-electron chi connectivity index (χ3n) is 5.38. The Morgan fingerprint density at radius 1 is 1.49 bits per heavy atom. The second-order valence-electron chi connectivity index (χ2n) is 7.39. The highest BCUT2D eigenvalue weighted by atomic mass is 35.5. The van der Waals surface area contributed by atoms with Crippen molar-refractivity contribution in [3.63, 3.8) is 0 Å². The predicted molar refractivity (Wildman–Crippen MR) is 130 cm³/mol. The van der Waals surface area contributed by atoms with Gasteiger partial charge in [0.1, 0.15) is 28.9 Å². The van der Waals surface area contributed by atoms with Gasteiger partial charge in [0.05, 0.1) is 11.7 Å². The molecular weight excluding hydrogens is 518 g/mol. The summed E-state index contributed by atoms with van der Waals surface area (Å²) >= 11 is 8.29. The van der Waals surface area contributed by atoms with Crippen LogP contribution >= 0.6 is 34.7 Å². The summed E-state index contributed by atoms with van der Waals surface area (Å²) in [7, 11) is 1.25. The molecule has 2 aromatic heterocycles. The molecule has 0 spiro atoms. The van der Waals surface area contributed by atoms with E-state index in [1.54, 1.807) is 18.3 Å². The number of aromatic nitrogens is 2. The molecule has 2 aliphatic rings. The summed E-state index contributed by atoms with van der Waals surface area (Å²) in [5.74, 6) is -2.54. The fraction of sp³-hybridized carbons (Fsp3) is 0.300. The van der Waals surface area contributed by atoms with Crippen molar-refractivity contribution >= 4 is 63.3 Å². The molecule has 2 aromatic rings. The third kappa shape index (κ3) is 4.69. The van der Waals surface area contributed by atoms with Gasteiger partial charge in [0, 0.05) is 22.5 Å². The van der Waals surface area contributed by atoms with Gasteiger partial charge in [0.25, 0.3) is 11.8 Å². The summed E-state index contributed by atoms with van der Waals surface area (Å²) in [5.41, 5.74) is 11.7. The first kappa shape index (κ1) is 24.9. The molecule has 0 saturated carbocycles. The number of rotatable bonds is 8. The van der Waals surface area contributed by atoms with E-state index in [0.717, 1.165) is 16.2 Å². The number of oxime groups is 1. The second-order valence-corrected chi connectivity index (χ2v) is 10.2. The zero-order chi connectivity index (χ0) is 25.3. The summed E-state index contributed by atoms with van der Waals surface area (Å²) in [6.07, 6.45) is 2.44. The largest absolute Gasteiger partial charge is 0.477 e. The molecule has 0 radical (unpaired) electrons. The van der Waals surface area contributed by atoms with Crippen molar-refractivity contribution in [3.8, 4) is 0 Å². The number of halogens is 1. The number of thioether (sulfide) groups is 1. The summed E-state index contributed by atoms with van der Waals surface area (Å²) in [6.45, 7) is 0.193. The molecule has 1 saturated heterocycles. The number of hydrogen-bond acceptors (Lipinski definition) is 11. The Balaban J connectivity index is 1.56. The number of allylic oxidation sites excluding steroid dienone is 1. The molecule has 35 heavy (non-hydrogen) atoms. The van der Waals surface area contributed by atoms with E-state index in [4.69, 9.17) is 27.9 Å². The molecule has 2 unspecified atom stereocenters. The van der Waals surface area contributed by atoms with E-state index < -0.39 is 29.9 Å². The summed E-state index contributed by atoms with van der Waals surface area (Å²) in [4.78, 5) is 53.5. The normalized spacial score (nSPS) is 19.8. The summed E-state index contributed by atoms with van der Waals surface area (Å²) in [5, 5.41) is 16.3. The van der Waals surface area contributed by atoms with E-state index in [0.29, 0.717) is 23.4 Å². The maximum Gasteiger partial charge on any atom is 0.353 e. The molecule has 2 amide bonds. The van der Waals surface area contributed by atoms with Crippen LogP contribution in [0.25, 0.3) is 0 Å². The number of nitrogen functional groups attached to an aromatic ring is 1. The number of nitrogens with zero attached hydrogens (tertiary/aromatic N) is 4. The Morgan fingerprint density at radius 3 is 2.89 bits per heavy atom. The highest BCUT2D eigenvalue weighted by Crippen LogP contribution is 2.43. The fourth-order valence-corrected chi connectivity index (χ4v) is 5.98. The van der Waals surface area contributed by atoms with Gasteiger partial charge in [-0.05, 0) is 25.0 Å². The van der Waals surface area contributed by atoms with Crippen LogP contribution in [0.3, 0.4) is 0 Å². The van der Waals surface area contributed by atoms with Gasteiger partial charge < -0.3 is 26.7 Å². The van der Waals surface area contributed by atoms with Gasteiger partial charge >= 0.3 is 5.97 Å². The minimum Gasteiger partial charge on any atom is -0.477 e. The minimum atomic E-state index is -1.24. The highest BCUT2D eigenvalue weighted by Gasteiger charge is 2.54. The van der Waals surface area contributed by atoms with Crippen LogP contribution in [0.5, 0.6) is 0 Å². The molecule has 1 fully saturated rings. The number of amides is 2. The smallest absolute Gasteiger partial charge is 0.353 e. The Kier molecular flexibility index (Phi) is 7.25. The molecule has 6 N–H and O–H groups in total. The molecule has 2 aliphatic heterocycles. The predicted octanol–water partition coefficient (Wildman–Crippen LogP) is 1.16. The van der Waals surface area contributed by atoms with Crippen LogP contribution in [0.15, 0.2) is 39.0 Å². The maximum absolute atomic E-state index is 13.0. The van der Waals surface area contributed by atoms with Crippen LogP contribution in [0, 0.1) is 0 Å². The average molecular weight is 538 g/mol. The van der Waals surface area contributed by atoms with E-state index in [1.807, 2.05) is 0 Å². The van der Waals surface area contributed by atoms with Gasteiger partial charge in [0.2, 0.25) is 0 Å². The van der Waals surface area contributed by atoms with Gasteiger partial charge in [-0.3, -0.25) is 19.5 Å². The van der Waals surface area contributed by atoms with Gasteiger partial charge in [-0.1, -0.05) is 39.9 Å². The van der Waals surface area contributed by atoms with Crippen molar-refractivity contribution in [2.75, 3.05) is 12.8 Å². The summed E-state index contributed by atoms with van der Waals surface area (Å²) in [6, 6.07) is 2.05. The van der Waals surface area contributed by atoms with Crippen LogP contribution in [0.2, 0.25) is 4.34 Å². The van der Waals surface area contributed by atoms with Crippen molar-refractivity contribution in [2.24, 2.45) is 10.9 Å². The molecule has 4 heterocycles. The average Bonchev–Trinajstić information content (AvgIpc) is 3.17. The number of β-lactam (4-membered cyclic amide) rings is 1. The molecule has 2 atom stereocenters. The number of hydrogen-bond donors (Lipinski definition) is 4. The molecule has 15 heteroatoms. The highest BCUT2D eigenvalue weighted by molar-refractivity contribution is 8.03. The van der Waals surface area contributed by atoms with Crippen LogP contribution in [-0.2, 0) is 25.8 Å². The van der Waals surface area contributed by atoms with E-state index >= 15 is 0 Å². The SMILES string of the molecule is CO/N=C(\C(=O)NC1C(=O)N2C(C(=O)O)=C(Sc3cccnc3CN)CCC12)c1nc(N)sc1Cl. The number of anilines is 1. The van der Waals surface area contributed by atoms with Crippen LogP contribution < -0.4 is 16.8 Å². The van der Waals surface area contributed by atoms with Crippen molar-refractivity contribution < 1.29 is 24.3 Å². The molecule has 184 valence electrons. The number of carboxylic acids is 1. The van der Waals surface area contributed by atoms with Crippen molar-refractivity contribution in [1.82, 2.24) is 20.2 Å². The number of pyridine rings is 1. The number of fused-ring (bicyclic) bond motifs is 1. The third-order valence-corrected chi connectivity index (χ3v) is 7.70. The van der Waals surface area contributed by atoms with E-state index in [1.165, 1.54) is 23.8 Å². The lowest BCUT2D eigenvalue weighted by Crippen LogP contribution is -2.72. The lowest BCUT2D eigenvalue weighted by atomic mass is 9.86. The Hall–Kier alpha value is -3.20. The fourth-order valence-electron chi connectivity index (χ4n) is 3.89. The molecule has 0 bridgehead atoms. The number of carboxylic acid groups (broad SMARTS) is 1. The van der Waals surface area contributed by atoms with Gasteiger partial charge in [-0.15, -0.1) is 0 Å². The van der Waals surface area contributed by atoms with E-state index in [2.05, 4.69) is 20.4 Å². The summed E-state index contributed by atoms with van der Waals surface area (Å²) < 4.78 is 0.137. The van der Waals surface area contributed by atoms with Crippen molar-refractivity contribution in [1.29, 1.82) is 0 Å². The first-order valence-corrected chi connectivity index (χ1v) is 12.2. The van der Waals surface area contributed by atoms with Crippen LogP contribution in [-0.4, -0.2) is 62.7 Å². The number of carbonyl (C=O) groups excluding carboxylic acids is 2. The van der Waals surface area contributed by atoms with Crippen molar-refractivity contribution in [2.45, 2.75) is 36.4 Å². The maximum atomic E-state index is 13.0. The zero-order valence-corrected chi connectivity index (χ0v) is 20.6. The number of nitrogens with one attached hydrogen (secondary N) is 1. The van der Waals surface area contributed by atoms with Crippen LogP contribution in [0.1, 0.15) is 24.2 Å². The van der Waals surface area contributed by atoms with E-state index in [-0.39, 0.29) is 33.1 Å². The van der Waals surface area contributed by atoms with Crippen molar-refractivity contribution in [3.05, 3.63) is 44.7 Å². The number of nitrogens with two attached hydrogens (primary N) is 2. The number of thiazole rings is 1. The van der Waals surface area contributed by atoms with Gasteiger partial charge in [-0.2, -0.15) is 0 Å². The lowest BCUT2D eigenvalue weighted by molar-refractivity contribution is -0.155. The van der Waals surface area contributed by atoms with Crippen LogP contribution in [0.4, 0.5) is 5.13 Å². The first-order valence-electron chi connectivity index (χ1n) is 10.2. The first-order chi connectivity index (χ1) is 16.8. The Morgan fingerprint density at radius 2 is 2.26 bits per heavy atom. The second kappa shape index (κ2) is 10.2. The minimum absolute atomic E-state index is 0.0257. The standard InChI is InChI=1S/C20H20ClN7O5S2/c1-33-27-14(13-16(21)35-20(23)26-13)17(29)25-12-9-4-5-11(15(19(31)32)28(9)18(12)30)34-10-3-2-6-24-8(10)7-22/h2-3,6,9,12H,4-5,7,22H2,1H3,(H2,23,26)(H,25,29)(H,31,32)/b27-14-. The molecule has 0 aliphatic carbocycles. The molecule has 12 nitrogen and oxygen atoms in total. The van der Waals surface area contributed by atoms with Gasteiger partial charge in [-0.25, -0.2) is 9.78 Å². The topological polar surface area (TPSA) is 186 Å². The number of aliphatic carboxylic acids is 1. The Bertz CT molecular complexity index is 1260. The zero-order valence-electron chi connectivity index (χ0n) is 18.2.